The minimum atomic E-state index is -0.550. The molecule has 120 valence electrons. The molecule has 1 atom stereocenters. The van der Waals surface area contributed by atoms with E-state index in [1.54, 1.807) is 0 Å². The molecule has 0 bridgehead atoms. The van der Waals surface area contributed by atoms with Crippen molar-refractivity contribution in [1.82, 2.24) is 0 Å². The molecule has 24 heavy (non-hydrogen) atoms. The molecular weight excluding hydrogens is 296 g/mol. The summed E-state index contributed by atoms with van der Waals surface area (Å²) in [6.45, 7) is 3.97. The van der Waals surface area contributed by atoms with Crippen molar-refractivity contribution >= 4 is 28.1 Å². The highest BCUT2D eigenvalue weighted by Crippen LogP contribution is 2.46. The van der Waals surface area contributed by atoms with Crippen LogP contribution in [0.3, 0.4) is 0 Å². The molecule has 1 amide bonds. The molecule has 1 aliphatic heterocycles. The molecule has 0 aliphatic carbocycles. The van der Waals surface area contributed by atoms with Gasteiger partial charge in [-0.2, -0.15) is 0 Å². The molecule has 3 heteroatoms. The zero-order valence-electron chi connectivity index (χ0n) is 13.8. The molecule has 0 aromatic heterocycles. The number of carbonyl (C=O) groups is 1. The number of nitrogens with one attached hydrogen (secondary N) is 2. The second kappa shape index (κ2) is 5.38. The number of fused-ring (bicyclic) bond motifs is 3. The van der Waals surface area contributed by atoms with Crippen molar-refractivity contribution in [3.05, 3.63) is 72.3 Å². The first-order valence-electron chi connectivity index (χ1n) is 8.22. The standard InChI is InChI=1S/C21H20N2O/c1-21(2)19(22-15-9-4-3-5-10-15)17-13-12-14-8-6-7-11-16(14)18(17)23-20(21)24/h3-13,19,22H,1-2H3,(H,23,24). The van der Waals surface area contributed by atoms with Crippen LogP contribution in [-0.2, 0) is 4.79 Å². The average Bonchev–Trinajstić information content (AvgIpc) is 2.60. The molecule has 0 spiro atoms. The van der Waals surface area contributed by atoms with E-state index >= 15 is 0 Å². The molecular formula is C21H20N2O. The van der Waals surface area contributed by atoms with Gasteiger partial charge in [0.05, 0.1) is 17.1 Å². The van der Waals surface area contributed by atoms with Crippen LogP contribution < -0.4 is 10.6 Å². The number of hydrogen-bond donors (Lipinski definition) is 2. The van der Waals surface area contributed by atoms with Gasteiger partial charge in [0, 0.05) is 11.1 Å². The first-order chi connectivity index (χ1) is 11.6. The third kappa shape index (κ3) is 2.24. The molecule has 3 aromatic carbocycles. The highest BCUT2D eigenvalue weighted by molar-refractivity contribution is 6.08. The van der Waals surface area contributed by atoms with Crippen LogP contribution >= 0.6 is 0 Å². The quantitative estimate of drug-likeness (QED) is 0.700. The summed E-state index contributed by atoms with van der Waals surface area (Å²) in [6.07, 6.45) is 0. The lowest BCUT2D eigenvalue weighted by molar-refractivity contribution is -0.125. The van der Waals surface area contributed by atoms with E-state index in [4.69, 9.17) is 0 Å². The largest absolute Gasteiger partial charge is 0.377 e. The van der Waals surface area contributed by atoms with Gasteiger partial charge in [0.1, 0.15) is 0 Å². The SMILES string of the molecule is CC1(C)C(=O)Nc2c(ccc3ccccc23)C1Nc1ccccc1. The lowest BCUT2D eigenvalue weighted by Crippen LogP contribution is -2.43. The van der Waals surface area contributed by atoms with Crippen molar-refractivity contribution in [1.29, 1.82) is 0 Å². The Morgan fingerprint density at radius 3 is 2.42 bits per heavy atom. The first-order valence-corrected chi connectivity index (χ1v) is 8.22. The summed E-state index contributed by atoms with van der Waals surface area (Å²) >= 11 is 0. The molecule has 0 radical (unpaired) electrons. The molecule has 0 fully saturated rings. The molecule has 0 saturated carbocycles. The summed E-state index contributed by atoms with van der Waals surface area (Å²) in [5.41, 5.74) is 2.52. The van der Waals surface area contributed by atoms with Gasteiger partial charge in [0.15, 0.2) is 0 Å². The molecule has 1 heterocycles. The number of hydrogen-bond acceptors (Lipinski definition) is 2. The maximum Gasteiger partial charge on any atom is 0.232 e. The summed E-state index contributed by atoms with van der Waals surface area (Å²) in [6, 6.07) is 22.4. The fraction of sp³-hybridized carbons (Fsp3) is 0.190. The summed E-state index contributed by atoms with van der Waals surface area (Å²) in [4.78, 5) is 12.8. The van der Waals surface area contributed by atoms with Gasteiger partial charge in [-0.3, -0.25) is 4.79 Å². The summed E-state index contributed by atoms with van der Waals surface area (Å²) in [7, 11) is 0. The van der Waals surface area contributed by atoms with Crippen molar-refractivity contribution < 1.29 is 4.79 Å². The Balaban J connectivity index is 1.89. The summed E-state index contributed by atoms with van der Waals surface area (Å²) in [5.74, 6) is 0.0415. The van der Waals surface area contributed by atoms with E-state index in [0.717, 1.165) is 27.7 Å². The molecule has 3 nitrogen and oxygen atoms in total. The fourth-order valence-electron chi connectivity index (χ4n) is 3.42. The van der Waals surface area contributed by atoms with Crippen LogP contribution in [0.1, 0.15) is 25.5 Å². The van der Waals surface area contributed by atoms with Gasteiger partial charge in [-0.05, 0) is 36.9 Å². The van der Waals surface area contributed by atoms with Gasteiger partial charge in [-0.15, -0.1) is 0 Å². The average molecular weight is 316 g/mol. The number of rotatable bonds is 2. The Labute approximate surface area is 141 Å². The predicted molar refractivity (Wildman–Crippen MR) is 99.2 cm³/mol. The normalized spacial score (nSPS) is 18.8. The van der Waals surface area contributed by atoms with Crippen LogP contribution in [0.25, 0.3) is 10.8 Å². The minimum absolute atomic E-state index is 0.0415. The first kappa shape index (κ1) is 14.8. The van der Waals surface area contributed by atoms with Crippen molar-refractivity contribution in [2.24, 2.45) is 5.41 Å². The Kier molecular flexibility index (Phi) is 3.31. The van der Waals surface area contributed by atoms with Crippen LogP contribution in [-0.4, -0.2) is 5.91 Å². The van der Waals surface area contributed by atoms with Crippen LogP contribution in [0.4, 0.5) is 11.4 Å². The van der Waals surface area contributed by atoms with E-state index in [2.05, 4.69) is 34.9 Å². The predicted octanol–water partition coefficient (Wildman–Crippen LogP) is 4.97. The van der Waals surface area contributed by atoms with Gasteiger partial charge >= 0.3 is 0 Å². The van der Waals surface area contributed by atoms with E-state index in [0.29, 0.717) is 0 Å². The topological polar surface area (TPSA) is 41.1 Å². The van der Waals surface area contributed by atoms with E-state index in [1.807, 2.05) is 56.3 Å². The number of anilines is 2. The number of benzene rings is 3. The number of carbonyl (C=O) groups excluding carboxylic acids is 1. The molecule has 4 rings (SSSR count). The van der Waals surface area contributed by atoms with Crippen molar-refractivity contribution in [3.8, 4) is 0 Å². The minimum Gasteiger partial charge on any atom is -0.377 e. The fourth-order valence-corrected chi connectivity index (χ4v) is 3.42. The zero-order valence-corrected chi connectivity index (χ0v) is 13.8. The van der Waals surface area contributed by atoms with Crippen LogP contribution in [0.15, 0.2) is 66.7 Å². The number of amides is 1. The highest BCUT2D eigenvalue weighted by Gasteiger charge is 2.43. The van der Waals surface area contributed by atoms with E-state index < -0.39 is 5.41 Å². The Morgan fingerprint density at radius 2 is 1.62 bits per heavy atom. The third-order valence-electron chi connectivity index (χ3n) is 4.90. The van der Waals surface area contributed by atoms with Gasteiger partial charge in [-0.1, -0.05) is 54.6 Å². The zero-order chi connectivity index (χ0) is 16.7. The molecule has 3 aromatic rings. The van der Waals surface area contributed by atoms with Crippen LogP contribution in [0.5, 0.6) is 0 Å². The van der Waals surface area contributed by atoms with E-state index in [-0.39, 0.29) is 11.9 Å². The summed E-state index contributed by atoms with van der Waals surface area (Å²) < 4.78 is 0. The molecule has 1 aliphatic rings. The van der Waals surface area contributed by atoms with Crippen LogP contribution in [0, 0.1) is 5.41 Å². The molecule has 1 unspecified atom stereocenters. The van der Waals surface area contributed by atoms with Crippen molar-refractivity contribution in [3.63, 3.8) is 0 Å². The van der Waals surface area contributed by atoms with Crippen molar-refractivity contribution in [2.75, 3.05) is 10.6 Å². The second-order valence-electron chi connectivity index (χ2n) is 6.87. The highest BCUT2D eigenvalue weighted by atomic mass is 16.2. The maximum atomic E-state index is 12.8. The van der Waals surface area contributed by atoms with E-state index in [9.17, 15) is 4.79 Å². The van der Waals surface area contributed by atoms with Gasteiger partial charge < -0.3 is 10.6 Å². The van der Waals surface area contributed by atoms with Crippen molar-refractivity contribution in [2.45, 2.75) is 19.9 Å². The van der Waals surface area contributed by atoms with E-state index in [1.165, 1.54) is 0 Å². The van der Waals surface area contributed by atoms with Gasteiger partial charge in [0.2, 0.25) is 5.91 Å². The van der Waals surface area contributed by atoms with Gasteiger partial charge in [0.25, 0.3) is 0 Å². The van der Waals surface area contributed by atoms with Gasteiger partial charge in [-0.25, -0.2) is 0 Å². The molecule has 0 saturated heterocycles. The Hall–Kier alpha value is -2.81. The smallest absolute Gasteiger partial charge is 0.232 e. The molecule has 2 N–H and O–H groups in total. The lowest BCUT2D eigenvalue weighted by Gasteiger charge is -2.40. The number of para-hydroxylation sites is 1. The monoisotopic (exact) mass is 316 g/mol. The third-order valence-corrected chi connectivity index (χ3v) is 4.90. The Morgan fingerprint density at radius 1 is 0.917 bits per heavy atom. The van der Waals surface area contributed by atoms with Crippen LogP contribution in [0.2, 0.25) is 0 Å². The summed E-state index contributed by atoms with van der Waals surface area (Å²) in [5, 5.41) is 8.91. The lowest BCUT2D eigenvalue weighted by atomic mass is 9.75. The maximum absolute atomic E-state index is 12.8. The second-order valence-corrected chi connectivity index (χ2v) is 6.87. The Bertz CT molecular complexity index is 916.